The third-order valence-electron chi connectivity index (χ3n) is 2.75. The Morgan fingerprint density at radius 1 is 1.48 bits per heavy atom. The highest BCUT2D eigenvalue weighted by molar-refractivity contribution is 9.10. The highest BCUT2D eigenvalue weighted by Crippen LogP contribution is 2.26. The fourth-order valence-electron chi connectivity index (χ4n) is 1.82. The van der Waals surface area contributed by atoms with Crippen molar-refractivity contribution in [1.82, 2.24) is 9.71 Å². The predicted octanol–water partition coefficient (Wildman–Crippen LogP) is 3.38. The van der Waals surface area contributed by atoms with Crippen molar-refractivity contribution in [2.24, 2.45) is 0 Å². The van der Waals surface area contributed by atoms with Gasteiger partial charge in [0.15, 0.2) is 0 Å². The van der Waals surface area contributed by atoms with Crippen LogP contribution in [0.2, 0.25) is 0 Å². The van der Waals surface area contributed by atoms with Gasteiger partial charge in [-0.15, -0.1) is 11.3 Å². The SMILES string of the molecule is CCNc1ncc(Br)cc1S(=O)(=O)NC(C)c1cccs1. The van der Waals surface area contributed by atoms with Gasteiger partial charge in [-0.3, -0.25) is 0 Å². The minimum absolute atomic E-state index is 0.141. The van der Waals surface area contributed by atoms with Crippen LogP contribution in [0.15, 0.2) is 39.1 Å². The maximum atomic E-state index is 12.6. The molecular formula is C13H16BrN3O2S2. The number of pyridine rings is 1. The molecule has 0 bridgehead atoms. The maximum Gasteiger partial charge on any atom is 0.244 e. The van der Waals surface area contributed by atoms with Gasteiger partial charge in [-0.05, 0) is 47.3 Å². The van der Waals surface area contributed by atoms with Crippen LogP contribution in [-0.2, 0) is 10.0 Å². The Hall–Kier alpha value is -0.960. The molecule has 0 aliphatic rings. The van der Waals surface area contributed by atoms with Gasteiger partial charge in [-0.25, -0.2) is 18.1 Å². The number of halogens is 1. The average molecular weight is 390 g/mol. The summed E-state index contributed by atoms with van der Waals surface area (Å²) in [4.78, 5) is 5.23. The van der Waals surface area contributed by atoms with Gasteiger partial charge in [0.2, 0.25) is 10.0 Å². The zero-order chi connectivity index (χ0) is 15.5. The third kappa shape index (κ3) is 4.03. The van der Waals surface area contributed by atoms with E-state index in [1.807, 2.05) is 31.4 Å². The van der Waals surface area contributed by atoms with Gasteiger partial charge >= 0.3 is 0 Å². The van der Waals surface area contributed by atoms with Crippen molar-refractivity contribution in [2.45, 2.75) is 24.8 Å². The van der Waals surface area contributed by atoms with Crippen LogP contribution in [0, 0.1) is 0 Å². The van der Waals surface area contributed by atoms with E-state index in [-0.39, 0.29) is 10.9 Å². The molecule has 0 radical (unpaired) electrons. The number of thiophene rings is 1. The van der Waals surface area contributed by atoms with Crippen LogP contribution in [0.5, 0.6) is 0 Å². The van der Waals surface area contributed by atoms with Crippen molar-refractivity contribution in [1.29, 1.82) is 0 Å². The van der Waals surface area contributed by atoms with E-state index in [2.05, 4.69) is 31.0 Å². The van der Waals surface area contributed by atoms with Gasteiger partial charge in [0, 0.05) is 22.1 Å². The number of hydrogen-bond acceptors (Lipinski definition) is 5. The molecule has 1 unspecified atom stereocenters. The van der Waals surface area contributed by atoms with Crippen LogP contribution in [-0.4, -0.2) is 19.9 Å². The van der Waals surface area contributed by atoms with E-state index in [1.165, 1.54) is 11.3 Å². The molecule has 0 saturated heterocycles. The lowest BCUT2D eigenvalue weighted by atomic mass is 10.3. The second-order valence-electron chi connectivity index (χ2n) is 4.39. The second kappa shape index (κ2) is 6.87. The van der Waals surface area contributed by atoms with E-state index in [0.717, 1.165) is 4.88 Å². The number of nitrogens with zero attached hydrogens (tertiary/aromatic N) is 1. The number of rotatable bonds is 6. The van der Waals surface area contributed by atoms with Crippen LogP contribution in [0.4, 0.5) is 5.82 Å². The largest absolute Gasteiger partial charge is 0.369 e. The van der Waals surface area contributed by atoms with Crippen molar-refractivity contribution in [3.05, 3.63) is 39.1 Å². The van der Waals surface area contributed by atoms with Crippen molar-refractivity contribution < 1.29 is 8.42 Å². The first kappa shape index (κ1) is 16.4. The predicted molar refractivity (Wildman–Crippen MR) is 89.2 cm³/mol. The monoisotopic (exact) mass is 389 g/mol. The average Bonchev–Trinajstić information content (AvgIpc) is 2.94. The number of sulfonamides is 1. The molecule has 1 atom stereocenters. The minimum Gasteiger partial charge on any atom is -0.369 e. The number of hydrogen-bond donors (Lipinski definition) is 2. The van der Waals surface area contributed by atoms with E-state index < -0.39 is 10.0 Å². The number of anilines is 1. The molecule has 0 aliphatic heterocycles. The van der Waals surface area contributed by atoms with Gasteiger partial charge in [-0.1, -0.05) is 6.07 Å². The van der Waals surface area contributed by atoms with Gasteiger partial charge < -0.3 is 5.32 Å². The molecule has 2 rings (SSSR count). The maximum absolute atomic E-state index is 12.6. The Labute approximate surface area is 137 Å². The van der Waals surface area contributed by atoms with E-state index in [4.69, 9.17) is 0 Å². The molecule has 2 aromatic heterocycles. The first-order valence-electron chi connectivity index (χ1n) is 6.39. The van der Waals surface area contributed by atoms with Crippen molar-refractivity contribution in [3.8, 4) is 0 Å². The zero-order valence-corrected chi connectivity index (χ0v) is 14.8. The summed E-state index contributed by atoms with van der Waals surface area (Å²) in [6, 6.07) is 5.06. The summed E-state index contributed by atoms with van der Waals surface area (Å²) >= 11 is 4.78. The second-order valence-corrected chi connectivity index (χ2v) is 7.97. The van der Waals surface area contributed by atoms with Crippen LogP contribution in [0.1, 0.15) is 24.8 Å². The van der Waals surface area contributed by atoms with Gasteiger partial charge in [0.1, 0.15) is 10.7 Å². The van der Waals surface area contributed by atoms with Gasteiger partial charge in [0.25, 0.3) is 0 Å². The Morgan fingerprint density at radius 3 is 2.86 bits per heavy atom. The molecule has 2 heterocycles. The third-order valence-corrected chi connectivity index (χ3v) is 5.80. The summed E-state index contributed by atoms with van der Waals surface area (Å²) in [6.07, 6.45) is 1.57. The lowest BCUT2D eigenvalue weighted by molar-refractivity contribution is 0.568. The molecular weight excluding hydrogens is 374 g/mol. The molecule has 0 amide bonds. The molecule has 0 saturated carbocycles. The van der Waals surface area contributed by atoms with Crippen molar-refractivity contribution in [2.75, 3.05) is 11.9 Å². The molecule has 114 valence electrons. The lowest BCUT2D eigenvalue weighted by Crippen LogP contribution is -2.27. The van der Waals surface area contributed by atoms with Gasteiger partial charge in [0.05, 0.1) is 6.04 Å². The fourth-order valence-corrected chi connectivity index (χ4v) is 4.49. The molecule has 2 N–H and O–H groups in total. The Morgan fingerprint density at radius 2 is 2.24 bits per heavy atom. The Kier molecular flexibility index (Phi) is 5.37. The molecule has 0 aliphatic carbocycles. The topological polar surface area (TPSA) is 71.1 Å². The lowest BCUT2D eigenvalue weighted by Gasteiger charge is -2.15. The van der Waals surface area contributed by atoms with Crippen LogP contribution in [0.25, 0.3) is 0 Å². The summed E-state index contributed by atoms with van der Waals surface area (Å²) in [5.74, 6) is 0.353. The van der Waals surface area contributed by atoms with Crippen LogP contribution in [0.3, 0.4) is 0 Å². The van der Waals surface area contributed by atoms with E-state index >= 15 is 0 Å². The van der Waals surface area contributed by atoms with Crippen LogP contribution >= 0.6 is 27.3 Å². The summed E-state index contributed by atoms with van der Waals surface area (Å²) in [5.41, 5.74) is 0. The Balaban J connectivity index is 2.33. The first-order chi connectivity index (χ1) is 9.94. The zero-order valence-electron chi connectivity index (χ0n) is 11.6. The molecule has 8 heteroatoms. The molecule has 5 nitrogen and oxygen atoms in total. The van der Waals surface area contributed by atoms with E-state index in [1.54, 1.807) is 12.3 Å². The van der Waals surface area contributed by atoms with E-state index in [0.29, 0.717) is 16.8 Å². The summed E-state index contributed by atoms with van der Waals surface area (Å²) < 4.78 is 28.5. The molecule has 0 fully saturated rings. The smallest absolute Gasteiger partial charge is 0.244 e. The fraction of sp³-hybridized carbons (Fsp3) is 0.308. The first-order valence-corrected chi connectivity index (χ1v) is 9.54. The quantitative estimate of drug-likeness (QED) is 0.794. The summed E-state index contributed by atoms with van der Waals surface area (Å²) in [5, 5.41) is 4.89. The summed E-state index contributed by atoms with van der Waals surface area (Å²) in [7, 11) is -3.66. The molecule has 21 heavy (non-hydrogen) atoms. The van der Waals surface area contributed by atoms with E-state index in [9.17, 15) is 8.42 Å². The molecule has 0 aromatic carbocycles. The van der Waals surface area contributed by atoms with Crippen molar-refractivity contribution >= 4 is 43.1 Å². The highest BCUT2D eigenvalue weighted by Gasteiger charge is 2.23. The van der Waals surface area contributed by atoms with Gasteiger partial charge in [-0.2, -0.15) is 0 Å². The van der Waals surface area contributed by atoms with Crippen LogP contribution < -0.4 is 10.0 Å². The standard InChI is InChI=1S/C13H16BrN3O2S2/c1-3-15-13-12(7-10(14)8-16-13)21(18,19)17-9(2)11-5-4-6-20-11/h4-9,17H,3H2,1-2H3,(H,15,16). The minimum atomic E-state index is -3.66. The Bertz CT molecular complexity index is 702. The number of nitrogens with one attached hydrogen (secondary N) is 2. The normalized spacial score (nSPS) is 13.1. The summed E-state index contributed by atoms with van der Waals surface area (Å²) in [6.45, 7) is 4.31. The highest BCUT2D eigenvalue weighted by atomic mass is 79.9. The number of aromatic nitrogens is 1. The van der Waals surface area contributed by atoms with Crippen molar-refractivity contribution in [3.63, 3.8) is 0 Å². The molecule has 2 aromatic rings. The molecule has 0 spiro atoms.